The largest absolute Gasteiger partial charge is 0.383 e. The van der Waals surface area contributed by atoms with Gasteiger partial charge >= 0.3 is 0 Å². The molecule has 7 nitrogen and oxygen atoms in total. The Balaban J connectivity index is 1.79. The molecule has 3 amide bonds. The van der Waals surface area contributed by atoms with E-state index in [4.69, 9.17) is 4.74 Å². The summed E-state index contributed by atoms with van der Waals surface area (Å²) < 4.78 is 4.88. The van der Waals surface area contributed by atoms with E-state index in [1.807, 2.05) is 12.1 Å². The zero-order chi connectivity index (χ0) is 16.7. The van der Waals surface area contributed by atoms with Gasteiger partial charge in [-0.05, 0) is 24.1 Å². The number of benzene rings is 1. The predicted octanol–water partition coefficient (Wildman–Crippen LogP) is 0.0663. The van der Waals surface area contributed by atoms with Gasteiger partial charge in [0.1, 0.15) is 0 Å². The van der Waals surface area contributed by atoms with Crippen molar-refractivity contribution in [2.75, 3.05) is 32.1 Å². The van der Waals surface area contributed by atoms with Gasteiger partial charge in [0, 0.05) is 25.8 Å². The summed E-state index contributed by atoms with van der Waals surface area (Å²) in [5.74, 6) is -0.859. The fourth-order valence-corrected chi connectivity index (χ4v) is 2.36. The highest BCUT2D eigenvalue weighted by Crippen LogP contribution is 2.18. The third kappa shape index (κ3) is 5.46. The van der Waals surface area contributed by atoms with Crippen molar-refractivity contribution >= 4 is 23.4 Å². The van der Waals surface area contributed by atoms with Gasteiger partial charge < -0.3 is 15.4 Å². The highest BCUT2D eigenvalue weighted by molar-refractivity contribution is 6.03. The van der Waals surface area contributed by atoms with Crippen LogP contribution in [-0.2, 0) is 25.5 Å². The van der Waals surface area contributed by atoms with Gasteiger partial charge in [0.2, 0.25) is 17.7 Å². The van der Waals surface area contributed by atoms with E-state index in [-0.39, 0.29) is 36.6 Å². The molecule has 0 bridgehead atoms. The van der Waals surface area contributed by atoms with Crippen molar-refractivity contribution in [2.45, 2.75) is 12.8 Å². The summed E-state index contributed by atoms with van der Waals surface area (Å²) in [5, 5.41) is 8.04. The quantitative estimate of drug-likeness (QED) is 0.465. The molecule has 0 spiro atoms. The lowest BCUT2D eigenvalue weighted by Gasteiger charge is -2.09. The van der Waals surface area contributed by atoms with E-state index in [9.17, 15) is 14.4 Å². The molecular weight excluding hydrogens is 298 g/mol. The second-order valence-electron chi connectivity index (χ2n) is 5.43. The number of hydrogen-bond donors (Lipinski definition) is 3. The SMILES string of the molecule is COCCNCC(=O)Nc1ccc(CC2CC(=O)NC2=O)cc1. The van der Waals surface area contributed by atoms with E-state index in [1.54, 1.807) is 19.2 Å². The molecule has 3 N–H and O–H groups in total. The average Bonchev–Trinajstić information content (AvgIpc) is 2.83. The van der Waals surface area contributed by atoms with Crippen LogP contribution in [0.25, 0.3) is 0 Å². The molecule has 124 valence electrons. The number of imide groups is 1. The minimum atomic E-state index is -0.298. The first-order valence-electron chi connectivity index (χ1n) is 7.50. The van der Waals surface area contributed by atoms with E-state index in [0.29, 0.717) is 25.3 Å². The Hall–Kier alpha value is -2.25. The Bertz CT molecular complexity index is 571. The third-order valence-corrected chi connectivity index (χ3v) is 3.55. The number of carbonyl (C=O) groups is 3. The molecule has 1 saturated heterocycles. The molecule has 1 aliphatic rings. The number of ether oxygens (including phenoxy) is 1. The maximum atomic E-state index is 11.7. The van der Waals surface area contributed by atoms with Gasteiger partial charge in [-0.2, -0.15) is 0 Å². The minimum Gasteiger partial charge on any atom is -0.383 e. The van der Waals surface area contributed by atoms with Crippen molar-refractivity contribution in [2.24, 2.45) is 5.92 Å². The van der Waals surface area contributed by atoms with Gasteiger partial charge in [-0.3, -0.25) is 19.7 Å². The van der Waals surface area contributed by atoms with E-state index < -0.39 is 0 Å². The number of methoxy groups -OCH3 is 1. The molecular formula is C16H21N3O4. The smallest absolute Gasteiger partial charge is 0.238 e. The van der Waals surface area contributed by atoms with E-state index in [1.165, 1.54) is 0 Å². The Morgan fingerprint density at radius 3 is 2.65 bits per heavy atom. The summed E-state index contributed by atoms with van der Waals surface area (Å²) in [6.07, 6.45) is 0.759. The van der Waals surface area contributed by atoms with E-state index in [2.05, 4.69) is 16.0 Å². The van der Waals surface area contributed by atoms with Crippen molar-refractivity contribution in [3.63, 3.8) is 0 Å². The van der Waals surface area contributed by atoms with Crippen LogP contribution >= 0.6 is 0 Å². The molecule has 1 aliphatic heterocycles. The lowest BCUT2D eigenvalue weighted by molar-refractivity contribution is -0.125. The van der Waals surface area contributed by atoms with Crippen molar-refractivity contribution in [3.8, 4) is 0 Å². The summed E-state index contributed by atoms with van der Waals surface area (Å²) in [6.45, 7) is 1.39. The van der Waals surface area contributed by atoms with Gasteiger partial charge in [-0.1, -0.05) is 12.1 Å². The standard InChI is InChI=1S/C16H21N3O4/c1-23-7-6-17-10-15(21)18-13-4-2-11(3-5-13)8-12-9-14(20)19-16(12)22/h2-5,12,17H,6-10H2,1H3,(H,18,21)(H,19,20,22). The lowest BCUT2D eigenvalue weighted by Crippen LogP contribution is -2.30. The maximum absolute atomic E-state index is 11.7. The fraction of sp³-hybridized carbons (Fsp3) is 0.438. The Morgan fingerprint density at radius 1 is 1.30 bits per heavy atom. The van der Waals surface area contributed by atoms with Crippen LogP contribution in [0.4, 0.5) is 5.69 Å². The van der Waals surface area contributed by atoms with Gasteiger partial charge in [0.05, 0.1) is 19.1 Å². The molecule has 7 heteroatoms. The summed E-state index contributed by atoms with van der Waals surface area (Å²) in [5.41, 5.74) is 1.65. The number of hydrogen-bond acceptors (Lipinski definition) is 5. The number of nitrogens with one attached hydrogen (secondary N) is 3. The highest BCUT2D eigenvalue weighted by atomic mass is 16.5. The normalized spacial score (nSPS) is 17.2. The van der Waals surface area contributed by atoms with Crippen molar-refractivity contribution in [1.82, 2.24) is 10.6 Å². The molecule has 1 unspecified atom stereocenters. The van der Waals surface area contributed by atoms with Gasteiger partial charge in [-0.15, -0.1) is 0 Å². The van der Waals surface area contributed by atoms with Crippen LogP contribution in [-0.4, -0.2) is 44.5 Å². The molecule has 1 atom stereocenters. The molecule has 1 aromatic rings. The van der Waals surface area contributed by atoms with Crippen LogP contribution in [0.5, 0.6) is 0 Å². The van der Waals surface area contributed by atoms with Gasteiger partial charge in [0.15, 0.2) is 0 Å². The average molecular weight is 319 g/mol. The summed E-state index contributed by atoms with van der Waals surface area (Å²) in [7, 11) is 1.61. The summed E-state index contributed by atoms with van der Waals surface area (Å²) in [6, 6.07) is 7.28. The first kappa shape index (κ1) is 17.1. The zero-order valence-corrected chi connectivity index (χ0v) is 13.1. The lowest BCUT2D eigenvalue weighted by atomic mass is 9.98. The molecule has 1 aromatic carbocycles. The molecule has 1 fully saturated rings. The molecule has 0 aliphatic carbocycles. The molecule has 23 heavy (non-hydrogen) atoms. The second-order valence-corrected chi connectivity index (χ2v) is 5.43. The number of amides is 3. The van der Waals surface area contributed by atoms with Gasteiger partial charge in [0.25, 0.3) is 0 Å². The van der Waals surface area contributed by atoms with Crippen molar-refractivity contribution < 1.29 is 19.1 Å². The monoisotopic (exact) mass is 319 g/mol. The minimum absolute atomic E-state index is 0.130. The molecule has 2 rings (SSSR count). The maximum Gasteiger partial charge on any atom is 0.238 e. The fourth-order valence-electron chi connectivity index (χ4n) is 2.36. The number of rotatable bonds is 8. The zero-order valence-electron chi connectivity index (χ0n) is 13.1. The Morgan fingerprint density at radius 2 is 2.04 bits per heavy atom. The van der Waals surface area contributed by atoms with Crippen molar-refractivity contribution in [3.05, 3.63) is 29.8 Å². The summed E-state index contributed by atoms with van der Waals surface area (Å²) >= 11 is 0. The summed E-state index contributed by atoms with van der Waals surface area (Å²) in [4.78, 5) is 34.4. The Labute approximate surface area is 134 Å². The van der Waals surface area contributed by atoms with Crippen LogP contribution in [0.3, 0.4) is 0 Å². The molecule has 0 aromatic heterocycles. The van der Waals surface area contributed by atoms with Crippen LogP contribution in [0.2, 0.25) is 0 Å². The topological polar surface area (TPSA) is 96.5 Å². The van der Waals surface area contributed by atoms with Crippen LogP contribution in [0.15, 0.2) is 24.3 Å². The van der Waals surface area contributed by atoms with Crippen LogP contribution < -0.4 is 16.0 Å². The Kier molecular flexibility index (Phi) is 6.25. The van der Waals surface area contributed by atoms with Crippen molar-refractivity contribution in [1.29, 1.82) is 0 Å². The second kappa shape index (κ2) is 8.40. The number of anilines is 1. The molecule has 0 saturated carbocycles. The first-order chi connectivity index (χ1) is 11.1. The first-order valence-corrected chi connectivity index (χ1v) is 7.50. The molecule has 1 heterocycles. The highest BCUT2D eigenvalue weighted by Gasteiger charge is 2.30. The number of carbonyl (C=O) groups excluding carboxylic acids is 3. The third-order valence-electron chi connectivity index (χ3n) is 3.55. The van der Waals surface area contributed by atoms with E-state index in [0.717, 1.165) is 5.56 Å². The van der Waals surface area contributed by atoms with E-state index >= 15 is 0 Å². The molecule has 0 radical (unpaired) electrons. The van der Waals surface area contributed by atoms with Gasteiger partial charge in [-0.25, -0.2) is 0 Å². The van der Waals surface area contributed by atoms with Crippen LogP contribution in [0, 0.1) is 5.92 Å². The van der Waals surface area contributed by atoms with Crippen LogP contribution in [0.1, 0.15) is 12.0 Å². The predicted molar refractivity (Wildman–Crippen MR) is 84.8 cm³/mol.